The molecule has 0 bridgehead atoms. The van der Waals surface area contributed by atoms with Crippen LogP contribution >= 0.6 is 27.5 Å². The summed E-state index contributed by atoms with van der Waals surface area (Å²) in [6.07, 6.45) is 2.46. The number of benzene rings is 2. The number of hydrogen-bond donors (Lipinski definition) is 1. The number of amides is 1. The monoisotopic (exact) mass is 432 g/mol. The minimum absolute atomic E-state index is 0.0884. The van der Waals surface area contributed by atoms with Crippen molar-refractivity contribution in [1.82, 2.24) is 4.57 Å². The fourth-order valence-corrected chi connectivity index (χ4v) is 4.01. The Morgan fingerprint density at radius 1 is 1.31 bits per heavy atom. The molecule has 26 heavy (non-hydrogen) atoms. The van der Waals surface area contributed by atoms with Crippen molar-refractivity contribution in [3.8, 4) is 5.75 Å². The molecule has 0 radical (unpaired) electrons. The van der Waals surface area contributed by atoms with Crippen molar-refractivity contribution in [1.29, 1.82) is 0 Å². The number of ether oxygens (including phenoxy) is 1. The van der Waals surface area contributed by atoms with E-state index < -0.39 is 5.91 Å². The molecule has 0 spiro atoms. The molecule has 1 amide bonds. The van der Waals surface area contributed by atoms with Crippen LogP contribution in [-0.4, -0.2) is 17.6 Å². The third-order valence-electron chi connectivity index (χ3n) is 4.49. The normalized spacial score (nSPS) is 12.4. The summed E-state index contributed by atoms with van der Waals surface area (Å²) in [4.78, 5) is 25.7. The Kier molecular flexibility index (Phi) is 4.25. The number of carbonyl (C=O) groups excluding carboxylic acids is 1. The fraction of sp³-hybridized carbons (Fsp3) is 0.158. The molecule has 0 atom stereocenters. The molecule has 2 aromatic carbocycles. The number of aromatic nitrogens is 1. The predicted octanol–water partition coefficient (Wildman–Crippen LogP) is 4.23. The summed E-state index contributed by atoms with van der Waals surface area (Å²) in [6.45, 7) is 0.739. The van der Waals surface area contributed by atoms with Gasteiger partial charge in [0.05, 0.1) is 18.3 Å². The van der Waals surface area contributed by atoms with Gasteiger partial charge in [0.15, 0.2) is 0 Å². The molecule has 4 rings (SSSR count). The quantitative estimate of drug-likeness (QED) is 0.672. The summed E-state index contributed by atoms with van der Waals surface area (Å²) in [7, 11) is 1.50. The van der Waals surface area contributed by atoms with Gasteiger partial charge in [-0.25, -0.2) is 0 Å². The SMILES string of the molecule is COc1ccc(Cl)cc1NC(=O)c1cn2c3c(cc(Br)cc3c1=O)CC2. The zero-order valence-corrected chi connectivity index (χ0v) is 16.1. The van der Waals surface area contributed by atoms with E-state index in [2.05, 4.69) is 21.2 Å². The Balaban J connectivity index is 1.81. The minimum atomic E-state index is -0.491. The topological polar surface area (TPSA) is 60.3 Å². The number of anilines is 1. The van der Waals surface area contributed by atoms with Gasteiger partial charge in [0.25, 0.3) is 5.91 Å². The molecule has 1 aliphatic rings. The van der Waals surface area contributed by atoms with Crippen molar-refractivity contribution in [2.75, 3.05) is 12.4 Å². The van der Waals surface area contributed by atoms with E-state index >= 15 is 0 Å². The summed E-state index contributed by atoms with van der Waals surface area (Å²) in [5.74, 6) is -0.0205. The summed E-state index contributed by atoms with van der Waals surface area (Å²) in [6, 6.07) is 8.70. The third kappa shape index (κ3) is 2.79. The Morgan fingerprint density at radius 2 is 2.12 bits per heavy atom. The molecule has 7 heteroatoms. The second kappa shape index (κ2) is 6.45. The first-order valence-electron chi connectivity index (χ1n) is 7.98. The highest BCUT2D eigenvalue weighted by atomic mass is 79.9. The highest BCUT2D eigenvalue weighted by molar-refractivity contribution is 9.10. The summed E-state index contributed by atoms with van der Waals surface area (Å²) in [5.41, 5.74) is 2.22. The van der Waals surface area contributed by atoms with Crippen molar-refractivity contribution in [3.05, 3.63) is 67.4 Å². The first-order chi connectivity index (χ1) is 12.5. The van der Waals surface area contributed by atoms with E-state index in [4.69, 9.17) is 16.3 Å². The molecular formula is C19H14BrClN2O3. The van der Waals surface area contributed by atoms with E-state index in [1.807, 2.05) is 10.6 Å². The zero-order valence-electron chi connectivity index (χ0n) is 13.8. The number of methoxy groups -OCH3 is 1. The van der Waals surface area contributed by atoms with Crippen LogP contribution in [-0.2, 0) is 13.0 Å². The van der Waals surface area contributed by atoms with Crippen LogP contribution in [0.5, 0.6) is 5.75 Å². The van der Waals surface area contributed by atoms with Crippen LogP contribution in [0.3, 0.4) is 0 Å². The first kappa shape index (κ1) is 17.1. The van der Waals surface area contributed by atoms with Gasteiger partial charge >= 0.3 is 0 Å². The van der Waals surface area contributed by atoms with Gasteiger partial charge in [0, 0.05) is 27.6 Å². The van der Waals surface area contributed by atoms with Crippen molar-refractivity contribution in [2.45, 2.75) is 13.0 Å². The maximum Gasteiger partial charge on any atom is 0.261 e. The fourth-order valence-electron chi connectivity index (χ4n) is 3.33. The molecule has 3 aromatic rings. The number of carbonyl (C=O) groups is 1. The maximum absolute atomic E-state index is 12.9. The number of aryl methyl sites for hydroxylation is 2. The number of pyridine rings is 1. The zero-order chi connectivity index (χ0) is 18.4. The van der Waals surface area contributed by atoms with E-state index in [0.29, 0.717) is 21.8 Å². The number of hydrogen-bond acceptors (Lipinski definition) is 3. The number of rotatable bonds is 3. The van der Waals surface area contributed by atoms with E-state index in [1.54, 1.807) is 30.5 Å². The molecule has 0 saturated carbocycles. The lowest BCUT2D eigenvalue weighted by Crippen LogP contribution is -2.23. The largest absolute Gasteiger partial charge is 0.495 e. The number of nitrogens with zero attached hydrogens (tertiary/aromatic N) is 1. The Labute approximate surface area is 162 Å². The van der Waals surface area contributed by atoms with Crippen LogP contribution in [0.2, 0.25) is 5.02 Å². The third-order valence-corrected chi connectivity index (χ3v) is 5.18. The van der Waals surface area contributed by atoms with Gasteiger partial charge in [-0.3, -0.25) is 9.59 Å². The molecule has 132 valence electrons. The molecule has 5 nitrogen and oxygen atoms in total. The van der Waals surface area contributed by atoms with Gasteiger partial charge in [-0.05, 0) is 42.3 Å². The van der Waals surface area contributed by atoms with E-state index in [0.717, 1.165) is 28.5 Å². The average Bonchev–Trinajstić information content (AvgIpc) is 3.01. The van der Waals surface area contributed by atoms with Crippen molar-refractivity contribution in [2.24, 2.45) is 0 Å². The second-order valence-electron chi connectivity index (χ2n) is 6.08. The van der Waals surface area contributed by atoms with Crippen molar-refractivity contribution < 1.29 is 9.53 Å². The first-order valence-corrected chi connectivity index (χ1v) is 9.15. The summed E-state index contributed by atoms with van der Waals surface area (Å²) in [5, 5.41) is 3.73. The maximum atomic E-state index is 12.9. The highest BCUT2D eigenvalue weighted by Gasteiger charge is 2.22. The predicted molar refractivity (Wildman–Crippen MR) is 106 cm³/mol. The van der Waals surface area contributed by atoms with Gasteiger partial charge in [-0.15, -0.1) is 0 Å². The summed E-state index contributed by atoms with van der Waals surface area (Å²) >= 11 is 9.45. The van der Waals surface area contributed by atoms with Crippen LogP contribution in [0.4, 0.5) is 5.69 Å². The molecule has 1 aliphatic heterocycles. The molecule has 1 N–H and O–H groups in total. The highest BCUT2D eigenvalue weighted by Crippen LogP contribution is 2.30. The van der Waals surface area contributed by atoms with Gasteiger partial charge in [0.2, 0.25) is 5.43 Å². The van der Waals surface area contributed by atoms with Crippen LogP contribution in [0.25, 0.3) is 10.9 Å². The van der Waals surface area contributed by atoms with Crippen LogP contribution in [0.1, 0.15) is 15.9 Å². The molecular weight excluding hydrogens is 420 g/mol. The Hall–Kier alpha value is -2.31. The van der Waals surface area contributed by atoms with Crippen molar-refractivity contribution >= 4 is 50.0 Å². The lowest BCUT2D eigenvalue weighted by molar-refractivity contribution is 0.102. The van der Waals surface area contributed by atoms with E-state index in [1.165, 1.54) is 7.11 Å². The molecule has 0 saturated heterocycles. The smallest absolute Gasteiger partial charge is 0.261 e. The van der Waals surface area contributed by atoms with Gasteiger partial charge < -0.3 is 14.6 Å². The van der Waals surface area contributed by atoms with Gasteiger partial charge in [-0.2, -0.15) is 0 Å². The molecule has 0 unspecified atom stereocenters. The van der Waals surface area contributed by atoms with Crippen LogP contribution < -0.4 is 15.5 Å². The van der Waals surface area contributed by atoms with Crippen LogP contribution in [0.15, 0.2) is 45.8 Å². The number of halogens is 2. The van der Waals surface area contributed by atoms with Crippen molar-refractivity contribution in [3.63, 3.8) is 0 Å². The summed E-state index contributed by atoms with van der Waals surface area (Å²) < 4.78 is 8.04. The van der Waals surface area contributed by atoms with Crippen LogP contribution in [0, 0.1) is 0 Å². The molecule has 1 aromatic heterocycles. The standard InChI is InChI=1S/C19H14BrClN2O3/c1-26-16-3-2-12(21)8-15(16)22-19(25)14-9-23-5-4-10-6-11(20)7-13(17(10)23)18(14)24/h2-3,6-9H,4-5H2,1H3,(H,22,25). The Morgan fingerprint density at radius 3 is 2.88 bits per heavy atom. The molecule has 2 heterocycles. The average molecular weight is 434 g/mol. The van der Waals surface area contributed by atoms with Gasteiger partial charge in [0.1, 0.15) is 11.3 Å². The Bertz CT molecular complexity index is 1120. The molecule has 0 aliphatic carbocycles. The molecule has 0 fully saturated rings. The van der Waals surface area contributed by atoms with Gasteiger partial charge in [-0.1, -0.05) is 27.5 Å². The van der Waals surface area contributed by atoms with E-state index in [9.17, 15) is 9.59 Å². The minimum Gasteiger partial charge on any atom is -0.495 e. The number of nitrogens with one attached hydrogen (secondary N) is 1. The second-order valence-corrected chi connectivity index (χ2v) is 7.43. The van der Waals surface area contributed by atoms with E-state index in [-0.39, 0.29) is 11.0 Å². The lowest BCUT2D eigenvalue weighted by atomic mass is 10.1. The lowest BCUT2D eigenvalue weighted by Gasteiger charge is -2.12.